The van der Waals surface area contributed by atoms with Crippen molar-refractivity contribution >= 4 is 11.6 Å². The maximum absolute atomic E-state index is 5.50. The molecule has 19 heavy (non-hydrogen) atoms. The molecule has 1 heterocycles. The van der Waals surface area contributed by atoms with E-state index in [4.69, 9.17) is 9.47 Å². The van der Waals surface area contributed by atoms with Crippen LogP contribution in [0.15, 0.2) is 6.07 Å². The third-order valence-electron chi connectivity index (χ3n) is 2.31. The van der Waals surface area contributed by atoms with E-state index in [0.29, 0.717) is 25.0 Å². The Labute approximate surface area is 114 Å². The summed E-state index contributed by atoms with van der Waals surface area (Å²) in [6, 6.07) is 1.86. The monoisotopic (exact) mass is 268 g/mol. The first kappa shape index (κ1) is 15.7. The minimum absolute atomic E-state index is 0.397. The number of nitrogens with one attached hydrogen (secondary N) is 2. The van der Waals surface area contributed by atoms with Crippen molar-refractivity contribution in [3.63, 3.8) is 0 Å². The van der Waals surface area contributed by atoms with E-state index in [2.05, 4.69) is 34.4 Å². The molecule has 0 spiro atoms. The van der Waals surface area contributed by atoms with Crippen molar-refractivity contribution < 1.29 is 9.47 Å². The molecule has 0 atom stereocenters. The lowest BCUT2D eigenvalue weighted by atomic mass is 10.2. The van der Waals surface area contributed by atoms with Crippen LogP contribution in [0.5, 0.6) is 0 Å². The number of ether oxygens (including phenoxy) is 2. The van der Waals surface area contributed by atoms with Crippen LogP contribution in [0.4, 0.5) is 11.6 Å². The number of aromatic nitrogens is 2. The van der Waals surface area contributed by atoms with Crippen LogP contribution >= 0.6 is 0 Å². The van der Waals surface area contributed by atoms with Gasteiger partial charge in [-0.15, -0.1) is 0 Å². The normalized spacial score (nSPS) is 10.8. The highest BCUT2D eigenvalue weighted by atomic mass is 16.5. The summed E-state index contributed by atoms with van der Waals surface area (Å²) in [6.07, 6.45) is 0. The summed E-state index contributed by atoms with van der Waals surface area (Å²) in [6.45, 7) is 6.83. The third kappa shape index (κ3) is 6.35. The highest BCUT2D eigenvalue weighted by Crippen LogP contribution is 2.11. The van der Waals surface area contributed by atoms with E-state index in [1.54, 1.807) is 7.11 Å². The van der Waals surface area contributed by atoms with E-state index >= 15 is 0 Å². The fourth-order valence-corrected chi connectivity index (χ4v) is 1.48. The quantitative estimate of drug-likeness (QED) is 0.665. The summed E-state index contributed by atoms with van der Waals surface area (Å²) in [5.74, 6) is 2.76. The Morgan fingerprint density at radius 3 is 2.63 bits per heavy atom. The molecule has 6 nitrogen and oxygen atoms in total. The maximum atomic E-state index is 5.50. The summed E-state index contributed by atoms with van der Waals surface area (Å²) in [7, 11) is 3.46. The molecule has 0 unspecified atom stereocenters. The van der Waals surface area contributed by atoms with Gasteiger partial charge < -0.3 is 20.1 Å². The Morgan fingerprint density at radius 2 is 2.00 bits per heavy atom. The second-order valence-corrected chi connectivity index (χ2v) is 4.63. The lowest BCUT2D eigenvalue weighted by molar-refractivity contribution is 0.118. The standard InChI is InChI=1S/C13H24N4O2/c1-10(2)8-19-6-5-15-12-7-11(14-3)16-13(17-12)9-18-4/h7,10H,5-6,8-9H2,1-4H3,(H2,14,15,16,17). The predicted molar refractivity (Wildman–Crippen MR) is 76.4 cm³/mol. The molecule has 108 valence electrons. The number of hydrogen-bond donors (Lipinski definition) is 2. The average molecular weight is 268 g/mol. The zero-order valence-corrected chi connectivity index (χ0v) is 12.2. The van der Waals surface area contributed by atoms with Crippen LogP contribution in [0.1, 0.15) is 19.7 Å². The largest absolute Gasteiger partial charge is 0.379 e. The van der Waals surface area contributed by atoms with Crippen molar-refractivity contribution in [3.05, 3.63) is 11.9 Å². The molecule has 0 aromatic carbocycles. The molecule has 0 aliphatic rings. The molecular weight excluding hydrogens is 244 g/mol. The van der Waals surface area contributed by atoms with Crippen molar-refractivity contribution in [2.75, 3.05) is 44.5 Å². The van der Waals surface area contributed by atoms with Crippen molar-refractivity contribution in [2.24, 2.45) is 5.92 Å². The molecule has 0 aliphatic heterocycles. The van der Waals surface area contributed by atoms with Crippen molar-refractivity contribution in [3.8, 4) is 0 Å². The van der Waals surface area contributed by atoms with E-state index in [1.807, 2.05) is 13.1 Å². The van der Waals surface area contributed by atoms with Crippen LogP contribution in [0, 0.1) is 5.92 Å². The Balaban J connectivity index is 2.45. The molecular formula is C13H24N4O2. The van der Waals surface area contributed by atoms with Crippen LogP contribution < -0.4 is 10.6 Å². The summed E-state index contributed by atoms with van der Waals surface area (Å²) in [5.41, 5.74) is 0. The van der Waals surface area contributed by atoms with Crippen LogP contribution in [0.3, 0.4) is 0 Å². The third-order valence-corrected chi connectivity index (χ3v) is 2.31. The van der Waals surface area contributed by atoms with Crippen LogP contribution in [0.2, 0.25) is 0 Å². The molecule has 0 fully saturated rings. The van der Waals surface area contributed by atoms with Gasteiger partial charge in [-0.25, -0.2) is 9.97 Å². The van der Waals surface area contributed by atoms with Gasteiger partial charge in [-0.2, -0.15) is 0 Å². The molecule has 1 rings (SSSR count). The fourth-order valence-electron chi connectivity index (χ4n) is 1.48. The molecule has 0 saturated heterocycles. The van der Waals surface area contributed by atoms with Crippen molar-refractivity contribution in [1.82, 2.24) is 9.97 Å². The Kier molecular flexibility index (Phi) is 7.14. The number of hydrogen-bond acceptors (Lipinski definition) is 6. The molecule has 2 N–H and O–H groups in total. The van der Waals surface area contributed by atoms with Crippen LogP contribution in [-0.2, 0) is 16.1 Å². The summed E-state index contributed by atoms with van der Waals surface area (Å²) in [4.78, 5) is 8.65. The van der Waals surface area contributed by atoms with Gasteiger partial charge in [0.25, 0.3) is 0 Å². The lowest BCUT2D eigenvalue weighted by Crippen LogP contribution is -2.14. The zero-order chi connectivity index (χ0) is 14.1. The van der Waals surface area contributed by atoms with Gasteiger partial charge in [-0.3, -0.25) is 0 Å². The Hall–Kier alpha value is -1.40. The van der Waals surface area contributed by atoms with Gasteiger partial charge in [0.05, 0.1) is 6.61 Å². The van der Waals surface area contributed by atoms with E-state index in [9.17, 15) is 0 Å². The van der Waals surface area contributed by atoms with E-state index < -0.39 is 0 Å². The summed E-state index contributed by atoms with van der Waals surface area (Å²) in [5, 5.41) is 6.23. The zero-order valence-electron chi connectivity index (χ0n) is 12.2. The van der Waals surface area contributed by atoms with E-state index in [-0.39, 0.29) is 0 Å². The molecule has 0 saturated carbocycles. The highest BCUT2D eigenvalue weighted by molar-refractivity contribution is 5.47. The molecule has 1 aromatic rings. The van der Waals surface area contributed by atoms with Crippen molar-refractivity contribution in [2.45, 2.75) is 20.5 Å². The highest BCUT2D eigenvalue weighted by Gasteiger charge is 2.03. The fraction of sp³-hybridized carbons (Fsp3) is 0.692. The minimum Gasteiger partial charge on any atom is -0.379 e. The number of nitrogens with zero attached hydrogens (tertiary/aromatic N) is 2. The molecule has 0 bridgehead atoms. The van der Waals surface area contributed by atoms with Gasteiger partial charge >= 0.3 is 0 Å². The van der Waals surface area contributed by atoms with Crippen LogP contribution in [-0.4, -0.2) is 43.9 Å². The number of anilines is 2. The maximum Gasteiger partial charge on any atom is 0.158 e. The summed E-state index contributed by atoms with van der Waals surface area (Å²) >= 11 is 0. The van der Waals surface area contributed by atoms with Gasteiger partial charge in [0.15, 0.2) is 5.82 Å². The smallest absolute Gasteiger partial charge is 0.158 e. The topological polar surface area (TPSA) is 68.3 Å². The number of methoxy groups -OCH3 is 1. The molecule has 0 radical (unpaired) electrons. The SMILES string of the molecule is CNc1cc(NCCOCC(C)C)nc(COC)n1. The lowest BCUT2D eigenvalue weighted by Gasteiger charge is -2.10. The van der Waals surface area contributed by atoms with Gasteiger partial charge in [0, 0.05) is 33.4 Å². The molecule has 6 heteroatoms. The molecule has 1 aromatic heterocycles. The van der Waals surface area contributed by atoms with Gasteiger partial charge in [-0.05, 0) is 5.92 Å². The predicted octanol–water partition coefficient (Wildman–Crippen LogP) is 1.75. The average Bonchev–Trinajstić information content (AvgIpc) is 2.38. The first-order valence-electron chi connectivity index (χ1n) is 6.52. The van der Waals surface area contributed by atoms with Gasteiger partial charge in [-0.1, -0.05) is 13.8 Å². The second-order valence-electron chi connectivity index (χ2n) is 4.63. The van der Waals surface area contributed by atoms with E-state index in [1.165, 1.54) is 0 Å². The van der Waals surface area contributed by atoms with E-state index in [0.717, 1.165) is 24.8 Å². The Morgan fingerprint density at radius 1 is 1.26 bits per heavy atom. The first-order chi connectivity index (χ1) is 9.15. The van der Waals surface area contributed by atoms with Gasteiger partial charge in [0.2, 0.25) is 0 Å². The molecule has 0 aliphatic carbocycles. The summed E-state index contributed by atoms with van der Waals surface area (Å²) < 4.78 is 10.6. The second kappa shape index (κ2) is 8.66. The van der Waals surface area contributed by atoms with Crippen LogP contribution in [0.25, 0.3) is 0 Å². The van der Waals surface area contributed by atoms with Gasteiger partial charge in [0.1, 0.15) is 18.2 Å². The Bertz CT molecular complexity index is 372. The molecule has 0 amide bonds. The number of rotatable bonds is 9. The minimum atomic E-state index is 0.397. The first-order valence-corrected chi connectivity index (χ1v) is 6.52. The van der Waals surface area contributed by atoms with Crippen molar-refractivity contribution in [1.29, 1.82) is 0 Å².